The van der Waals surface area contributed by atoms with Crippen molar-refractivity contribution in [3.05, 3.63) is 71.8 Å². The van der Waals surface area contributed by atoms with Crippen LogP contribution in [0.3, 0.4) is 0 Å². The predicted octanol–water partition coefficient (Wildman–Crippen LogP) is 4.53. The highest BCUT2D eigenvalue weighted by Crippen LogP contribution is 2.16. The van der Waals surface area contributed by atoms with Gasteiger partial charge in [0.15, 0.2) is 0 Å². The van der Waals surface area contributed by atoms with Crippen molar-refractivity contribution < 1.29 is 0 Å². The first-order valence-electron chi connectivity index (χ1n) is 12.4. The molecule has 0 radical (unpaired) electrons. The highest BCUT2D eigenvalue weighted by Gasteiger charge is 2.21. The zero-order valence-corrected chi connectivity index (χ0v) is 19.2. The maximum atomic E-state index is 3.74. The summed E-state index contributed by atoms with van der Waals surface area (Å²) in [6.07, 6.45) is 9.58. The van der Waals surface area contributed by atoms with Gasteiger partial charge in [-0.3, -0.25) is 4.90 Å². The molecular weight excluding hydrogens is 380 g/mol. The number of hydrogen-bond donors (Lipinski definition) is 3. The number of nitrogens with one attached hydrogen (secondary N) is 3. The minimum Gasteiger partial charge on any atom is -0.317 e. The van der Waals surface area contributed by atoms with Crippen LogP contribution in [0.5, 0.6) is 0 Å². The van der Waals surface area contributed by atoms with Crippen molar-refractivity contribution in [3.8, 4) is 0 Å². The second kappa shape index (κ2) is 15.1. The molecule has 1 fully saturated rings. The second-order valence-electron chi connectivity index (χ2n) is 8.75. The molecule has 0 saturated carbocycles. The summed E-state index contributed by atoms with van der Waals surface area (Å²) in [4.78, 5) is 2.63. The van der Waals surface area contributed by atoms with Crippen molar-refractivity contribution >= 4 is 0 Å². The lowest BCUT2D eigenvalue weighted by molar-refractivity contribution is 0.113. The van der Waals surface area contributed by atoms with Gasteiger partial charge in [-0.2, -0.15) is 0 Å². The van der Waals surface area contributed by atoms with Crippen molar-refractivity contribution in [2.24, 2.45) is 0 Å². The van der Waals surface area contributed by atoms with Crippen LogP contribution in [0, 0.1) is 0 Å². The fraction of sp³-hybridized carbons (Fsp3) is 0.556. The standard InChI is InChI=1S/C27H42N4/c1(2-10-18-28-19-11-20-29-23-25-13-5-3-6-14-25)9-17-27-30-21-12-22-31(27)24-26-15-7-4-8-16-26/h3-8,13-16,27-30H,1-2,9-12,17-24H2. The number of rotatable bonds is 15. The van der Waals surface area contributed by atoms with Crippen molar-refractivity contribution in [2.75, 3.05) is 32.7 Å². The zero-order valence-electron chi connectivity index (χ0n) is 19.2. The normalized spacial score (nSPS) is 17.1. The van der Waals surface area contributed by atoms with E-state index in [9.17, 15) is 0 Å². The van der Waals surface area contributed by atoms with Gasteiger partial charge in [0.2, 0.25) is 0 Å². The topological polar surface area (TPSA) is 39.3 Å². The van der Waals surface area contributed by atoms with E-state index in [1.807, 2.05) is 0 Å². The molecule has 0 spiro atoms. The summed E-state index contributed by atoms with van der Waals surface area (Å²) in [5, 5.41) is 10.9. The first-order chi connectivity index (χ1) is 15.4. The highest BCUT2D eigenvalue weighted by atomic mass is 15.3. The number of nitrogens with zero attached hydrogens (tertiary/aromatic N) is 1. The third-order valence-corrected chi connectivity index (χ3v) is 6.13. The molecule has 2 aromatic rings. The van der Waals surface area contributed by atoms with Gasteiger partial charge in [0.25, 0.3) is 0 Å². The van der Waals surface area contributed by atoms with Gasteiger partial charge in [-0.05, 0) is 63.0 Å². The molecule has 0 aromatic heterocycles. The molecular formula is C27H42N4. The lowest BCUT2D eigenvalue weighted by atomic mass is 10.1. The van der Waals surface area contributed by atoms with E-state index in [1.54, 1.807) is 0 Å². The fourth-order valence-corrected chi connectivity index (χ4v) is 4.36. The molecule has 1 aliphatic heterocycles. The number of unbranched alkanes of at least 4 members (excludes halogenated alkanes) is 3. The predicted molar refractivity (Wildman–Crippen MR) is 132 cm³/mol. The number of benzene rings is 2. The van der Waals surface area contributed by atoms with Gasteiger partial charge in [-0.25, -0.2) is 0 Å². The molecule has 4 heteroatoms. The maximum Gasteiger partial charge on any atom is 0.0600 e. The molecule has 0 bridgehead atoms. The van der Waals surface area contributed by atoms with Crippen LogP contribution < -0.4 is 16.0 Å². The van der Waals surface area contributed by atoms with Crippen LogP contribution in [0.2, 0.25) is 0 Å². The molecule has 2 aromatic carbocycles. The van der Waals surface area contributed by atoms with Crippen molar-refractivity contribution in [1.29, 1.82) is 0 Å². The van der Waals surface area contributed by atoms with Crippen LogP contribution in [0.4, 0.5) is 0 Å². The molecule has 1 saturated heterocycles. The van der Waals surface area contributed by atoms with Gasteiger partial charge in [0.05, 0.1) is 6.17 Å². The van der Waals surface area contributed by atoms with Crippen LogP contribution in [-0.4, -0.2) is 43.8 Å². The Morgan fingerprint density at radius 2 is 1.42 bits per heavy atom. The fourth-order valence-electron chi connectivity index (χ4n) is 4.36. The van der Waals surface area contributed by atoms with Crippen LogP contribution >= 0.6 is 0 Å². The van der Waals surface area contributed by atoms with Gasteiger partial charge < -0.3 is 16.0 Å². The van der Waals surface area contributed by atoms with Crippen LogP contribution in [0.15, 0.2) is 60.7 Å². The maximum absolute atomic E-state index is 3.74. The Morgan fingerprint density at radius 1 is 0.742 bits per heavy atom. The molecule has 1 heterocycles. The monoisotopic (exact) mass is 422 g/mol. The molecule has 1 unspecified atom stereocenters. The third-order valence-electron chi connectivity index (χ3n) is 6.13. The summed E-state index contributed by atoms with van der Waals surface area (Å²) in [6, 6.07) is 21.5. The Balaban J connectivity index is 1.14. The largest absolute Gasteiger partial charge is 0.317 e. The molecule has 1 aliphatic rings. The Hall–Kier alpha value is -1.72. The Morgan fingerprint density at radius 3 is 2.23 bits per heavy atom. The first-order valence-corrected chi connectivity index (χ1v) is 12.4. The average Bonchev–Trinajstić information content (AvgIpc) is 2.82. The van der Waals surface area contributed by atoms with Crippen molar-refractivity contribution in [1.82, 2.24) is 20.9 Å². The Labute approximate surface area is 189 Å². The van der Waals surface area contributed by atoms with Gasteiger partial charge in [0, 0.05) is 19.6 Å². The average molecular weight is 423 g/mol. The summed E-state index contributed by atoms with van der Waals surface area (Å²) in [5.74, 6) is 0. The summed E-state index contributed by atoms with van der Waals surface area (Å²) < 4.78 is 0. The summed E-state index contributed by atoms with van der Waals surface area (Å²) in [5.41, 5.74) is 2.79. The lowest BCUT2D eigenvalue weighted by Crippen LogP contribution is -2.50. The number of hydrogen-bond acceptors (Lipinski definition) is 4. The van der Waals surface area contributed by atoms with Crippen LogP contribution in [0.1, 0.15) is 56.1 Å². The van der Waals surface area contributed by atoms with E-state index in [2.05, 4.69) is 81.5 Å². The molecule has 3 N–H and O–H groups in total. The van der Waals surface area contributed by atoms with E-state index < -0.39 is 0 Å². The van der Waals surface area contributed by atoms with Crippen molar-refractivity contribution in [3.63, 3.8) is 0 Å². The third kappa shape index (κ3) is 9.96. The second-order valence-corrected chi connectivity index (χ2v) is 8.75. The quantitative estimate of drug-likeness (QED) is 0.369. The Kier molecular flexibility index (Phi) is 11.7. The van der Waals surface area contributed by atoms with Crippen LogP contribution in [0.25, 0.3) is 0 Å². The molecule has 1 atom stereocenters. The summed E-state index contributed by atoms with van der Waals surface area (Å²) >= 11 is 0. The van der Waals surface area contributed by atoms with E-state index in [0.29, 0.717) is 6.17 Å². The summed E-state index contributed by atoms with van der Waals surface area (Å²) in [7, 11) is 0. The highest BCUT2D eigenvalue weighted by molar-refractivity contribution is 5.15. The molecule has 3 rings (SSSR count). The molecule has 0 aliphatic carbocycles. The lowest BCUT2D eigenvalue weighted by Gasteiger charge is -2.36. The van der Waals surface area contributed by atoms with E-state index in [4.69, 9.17) is 0 Å². The molecule has 0 amide bonds. The van der Waals surface area contributed by atoms with Gasteiger partial charge in [-0.15, -0.1) is 0 Å². The van der Waals surface area contributed by atoms with Gasteiger partial charge in [-0.1, -0.05) is 79.9 Å². The zero-order chi connectivity index (χ0) is 21.4. The smallest absolute Gasteiger partial charge is 0.0600 e. The van der Waals surface area contributed by atoms with E-state index in [0.717, 1.165) is 32.7 Å². The minimum absolute atomic E-state index is 0.551. The minimum atomic E-state index is 0.551. The first kappa shape index (κ1) is 23.9. The molecule has 170 valence electrons. The van der Waals surface area contributed by atoms with Gasteiger partial charge in [0.1, 0.15) is 0 Å². The van der Waals surface area contributed by atoms with Gasteiger partial charge >= 0.3 is 0 Å². The van der Waals surface area contributed by atoms with E-state index in [-0.39, 0.29) is 0 Å². The molecule has 31 heavy (non-hydrogen) atoms. The molecule has 4 nitrogen and oxygen atoms in total. The summed E-state index contributed by atoms with van der Waals surface area (Å²) in [6.45, 7) is 7.78. The van der Waals surface area contributed by atoms with Crippen molar-refractivity contribution in [2.45, 2.75) is 64.2 Å². The Bertz CT molecular complexity index is 676. The van der Waals surface area contributed by atoms with E-state index in [1.165, 1.54) is 69.2 Å². The van der Waals surface area contributed by atoms with Crippen LogP contribution in [-0.2, 0) is 13.1 Å². The van der Waals surface area contributed by atoms with E-state index >= 15 is 0 Å². The SMILES string of the molecule is c1ccc(CNCCCNCCCCCCC2NCCCN2Cc2ccccc2)cc1.